The van der Waals surface area contributed by atoms with Crippen LogP contribution in [-0.2, 0) is 4.79 Å². The summed E-state index contributed by atoms with van der Waals surface area (Å²) in [6, 6.07) is 7.72. The lowest BCUT2D eigenvalue weighted by molar-refractivity contribution is -0.132. The number of benzene rings is 1. The Labute approximate surface area is 181 Å². The summed E-state index contributed by atoms with van der Waals surface area (Å²) < 4.78 is 5.16. The lowest BCUT2D eigenvalue weighted by Crippen LogP contribution is -2.51. The third kappa shape index (κ3) is 5.48. The number of piperazine rings is 1. The second-order valence-corrected chi connectivity index (χ2v) is 8.42. The van der Waals surface area contributed by atoms with Crippen molar-refractivity contribution in [3.05, 3.63) is 35.3 Å². The van der Waals surface area contributed by atoms with E-state index >= 15 is 0 Å². The average Bonchev–Trinajstić information content (AvgIpc) is 3.22. The fourth-order valence-corrected chi connectivity index (χ4v) is 3.79. The molecule has 0 aliphatic carbocycles. The number of thiazole rings is 1. The zero-order valence-corrected chi connectivity index (χ0v) is 18.7. The zero-order chi connectivity index (χ0) is 21.7. The van der Waals surface area contributed by atoms with Crippen LogP contribution in [0.15, 0.2) is 29.6 Å². The Kier molecular flexibility index (Phi) is 7.28. The molecule has 2 aromatic rings. The van der Waals surface area contributed by atoms with Gasteiger partial charge in [0, 0.05) is 50.3 Å². The molecule has 0 radical (unpaired) electrons. The van der Waals surface area contributed by atoms with Gasteiger partial charge >= 0.3 is 0 Å². The molecule has 1 aliphatic heterocycles. The highest BCUT2D eigenvalue weighted by Gasteiger charge is 2.25. The van der Waals surface area contributed by atoms with Crippen molar-refractivity contribution in [2.75, 3.05) is 52.2 Å². The molecule has 8 nitrogen and oxygen atoms in total. The highest BCUT2D eigenvalue weighted by Crippen LogP contribution is 2.23. The topological polar surface area (TPSA) is 78.0 Å². The number of amides is 2. The number of likely N-dealkylation sites (N-methyl/N-ethyl adjacent to an activating group) is 1. The number of hydrogen-bond acceptors (Lipinski definition) is 7. The Bertz CT molecular complexity index is 860. The molecule has 0 bridgehead atoms. The van der Waals surface area contributed by atoms with Gasteiger partial charge in [0.05, 0.1) is 13.7 Å². The summed E-state index contributed by atoms with van der Waals surface area (Å²) in [5, 5.41) is 5.66. The molecule has 0 unspecified atom stereocenters. The Balaban J connectivity index is 1.51. The van der Waals surface area contributed by atoms with E-state index in [0.717, 1.165) is 11.4 Å². The van der Waals surface area contributed by atoms with E-state index in [9.17, 15) is 9.59 Å². The number of rotatable bonds is 7. The Morgan fingerprint density at radius 2 is 1.87 bits per heavy atom. The summed E-state index contributed by atoms with van der Waals surface area (Å²) in [5.74, 6) is 0.824. The van der Waals surface area contributed by atoms with Crippen molar-refractivity contribution in [1.82, 2.24) is 19.7 Å². The molecule has 162 valence electrons. The maximum absolute atomic E-state index is 12.8. The summed E-state index contributed by atoms with van der Waals surface area (Å²) in [6.45, 7) is 6.95. The van der Waals surface area contributed by atoms with Gasteiger partial charge in [-0.3, -0.25) is 14.5 Å². The van der Waals surface area contributed by atoms with Crippen LogP contribution < -0.4 is 10.1 Å². The maximum atomic E-state index is 12.8. The lowest BCUT2D eigenvalue weighted by Gasteiger charge is -2.35. The minimum Gasteiger partial charge on any atom is -0.497 e. The molecule has 0 spiro atoms. The number of hydrogen-bond donors (Lipinski definition) is 1. The molecule has 0 atom stereocenters. The van der Waals surface area contributed by atoms with Crippen LogP contribution in [0, 0.1) is 0 Å². The molecule has 2 heterocycles. The molecule has 9 heteroatoms. The molecule has 2 amide bonds. The van der Waals surface area contributed by atoms with E-state index in [1.165, 1.54) is 11.3 Å². The number of nitrogens with one attached hydrogen (secondary N) is 1. The SMILES string of the molecule is COc1ccc(Nc2nc(C(=O)N3CCN(CC(=O)N(C)C(C)C)CC3)cs2)cc1. The van der Waals surface area contributed by atoms with Crippen molar-refractivity contribution in [2.24, 2.45) is 0 Å². The number of nitrogens with zero attached hydrogens (tertiary/aromatic N) is 4. The van der Waals surface area contributed by atoms with Crippen LogP contribution in [0.3, 0.4) is 0 Å². The van der Waals surface area contributed by atoms with Crippen LogP contribution in [0.2, 0.25) is 0 Å². The van der Waals surface area contributed by atoms with E-state index in [2.05, 4.69) is 15.2 Å². The molecule has 1 aromatic carbocycles. The first kappa shape index (κ1) is 22.0. The summed E-state index contributed by atoms with van der Waals surface area (Å²) in [5.41, 5.74) is 1.33. The van der Waals surface area contributed by atoms with Gasteiger partial charge in [0.15, 0.2) is 5.13 Å². The molecule has 1 fully saturated rings. The first-order chi connectivity index (χ1) is 14.4. The van der Waals surface area contributed by atoms with Crippen LogP contribution in [-0.4, -0.2) is 84.4 Å². The molecule has 3 rings (SSSR count). The Hall–Kier alpha value is -2.65. The van der Waals surface area contributed by atoms with Crippen molar-refractivity contribution >= 4 is 34.0 Å². The number of aromatic nitrogens is 1. The predicted molar refractivity (Wildman–Crippen MR) is 119 cm³/mol. The van der Waals surface area contributed by atoms with Gasteiger partial charge in [-0.1, -0.05) is 0 Å². The van der Waals surface area contributed by atoms with Crippen molar-refractivity contribution in [3.8, 4) is 5.75 Å². The maximum Gasteiger partial charge on any atom is 0.273 e. The van der Waals surface area contributed by atoms with Gasteiger partial charge in [0.2, 0.25) is 5.91 Å². The highest BCUT2D eigenvalue weighted by molar-refractivity contribution is 7.14. The van der Waals surface area contributed by atoms with E-state index < -0.39 is 0 Å². The summed E-state index contributed by atoms with van der Waals surface area (Å²) >= 11 is 1.40. The zero-order valence-electron chi connectivity index (χ0n) is 17.9. The fourth-order valence-electron chi connectivity index (χ4n) is 3.09. The summed E-state index contributed by atoms with van der Waals surface area (Å²) in [7, 11) is 3.45. The molecular weight excluding hydrogens is 402 g/mol. The first-order valence-corrected chi connectivity index (χ1v) is 10.9. The number of anilines is 2. The van der Waals surface area contributed by atoms with E-state index in [1.54, 1.807) is 22.3 Å². The van der Waals surface area contributed by atoms with Crippen LogP contribution >= 0.6 is 11.3 Å². The van der Waals surface area contributed by atoms with Gasteiger partial charge in [-0.15, -0.1) is 11.3 Å². The average molecular weight is 432 g/mol. The first-order valence-electron chi connectivity index (χ1n) is 10.0. The van der Waals surface area contributed by atoms with Gasteiger partial charge in [-0.2, -0.15) is 0 Å². The summed E-state index contributed by atoms with van der Waals surface area (Å²) in [4.78, 5) is 35.2. The molecule has 30 heavy (non-hydrogen) atoms. The van der Waals surface area contributed by atoms with Crippen molar-refractivity contribution in [1.29, 1.82) is 0 Å². The largest absolute Gasteiger partial charge is 0.497 e. The second-order valence-electron chi connectivity index (χ2n) is 7.56. The van der Waals surface area contributed by atoms with Crippen LogP contribution in [0.5, 0.6) is 5.75 Å². The monoisotopic (exact) mass is 431 g/mol. The molecule has 1 aliphatic rings. The van der Waals surface area contributed by atoms with E-state index in [4.69, 9.17) is 4.74 Å². The molecule has 1 saturated heterocycles. The van der Waals surface area contributed by atoms with Gasteiger partial charge in [-0.05, 0) is 38.1 Å². The van der Waals surface area contributed by atoms with Crippen LogP contribution in [0.4, 0.5) is 10.8 Å². The second kappa shape index (κ2) is 9.90. The van der Waals surface area contributed by atoms with E-state index in [-0.39, 0.29) is 17.9 Å². The Morgan fingerprint density at radius 3 is 2.47 bits per heavy atom. The van der Waals surface area contributed by atoms with Gasteiger partial charge in [-0.25, -0.2) is 4.98 Å². The third-order valence-electron chi connectivity index (χ3n) is 5.25. The minimum atomic E-state index is -0.0701. The van der Waals surface area contributed by atoms with Gasteiger partial charge in [0.25, 0.3) is 5.91 Å². The van der Waals surface area contributed by atoms with Gasteiger partial charge < -0.3 is 19.9 Å². The molecular formula is C21H29N5O3S. The highest BCUT2D eigenvalue weighted by atomic mass is 32.1. The fraction of sp³-hybridized carbons (Fsp3) is 0.476. The smallest absolute Gasteiger partial charge is 0.273 e. The molecule has 0 saturated carbocycles. The molecule has 1 N–H and O–H groups in total. The lowest BCUT2D eigenvalue weighted by atomic mass is 10.2. The number of methoxy groups -OCH3 is 1. The third-order valence-corrected chi connectivity index (χ3v) is 6.01. The molecule has 1 aromatic heterocycles. The van der Waals surface area contributed by atoms with Crippen LogP contribution in [0.1, 0.15) is 24.3 Å². The normalized spacial score (nSPS) is 14.6. The van der Waals surface area contributed by atoms with Crippen molar-refractivity contribution < 1.29 is 14.3 Å². The Morgan fingerprint density at radius 1 is 1.20 bits per heavy atom. The van der Waals surface area contributed by atoms with Gasteiger partial charge in [0.1, 0.15) is 11.4 Å². The quantitative estimate of drug-likeness (QED) is 0.726. The standard InChI is InChI=1S/C21H29N5O3S/c1-15(2)24(3)19(27)13-25-9-11-26(12-10-25)20(28)18-14-30-21(23-18)22-16-5-7-17(29-4)8-6-16/h5-8,14-15H,9-13H2,1-4H3,(H,22,23). The summed E-state index contributed by atoms with van der Waals surface area (Å²) in [6.07, 6.45) is 0. The predicted octanol–water partition coefficient (Wildman–Crippen LogP) is 2.52. The number of carbonyl (C=O) groups excluding carboxylic acids is 2. The number of carbonyl (C=O) groups is 2. The minimum absolute atomic E-state index is 0.0701. The van der Waals surface area contributed by atoms with E-state index in [1.807, 2.05) is 45.2 Å². The van der Waals surface area contributed by atoms with Crippen molar-refractivity contribution in [3.63, 3.8) is 0 Å². The number of ether oxygens (including phenoxy) is 1. The van der Waals surface area contributed by atoms with E-state index in [0.29, 0.717) is 43.5 Å². The van der Waals surface area contributed by atoms with Crippen molar-refractivity contribution in [2.45, 2.75) is 19.9 Å². The van der Waals surface area contributed by atoms with Crippen LogP contribution in [0.25, 0.3) is 0 Å².